The third-order valence-corrected chi connectivity index (χ3v) is 5.33. The molecule has 0 fully saturated rings. The van der Waals surface area contributed by atoms with Crippen LogP contribution in [-0.2, 0) is 34.1 Å². The van der Waals surface area contributed by atoms with Crippen LogP contribution >= 0.6 is 0 Å². The van der Waals surface area contributed by atoms with Gasteiger partial charge in [-0.3, -0.25) is 9.36 Å². The number of anilines is 1. The number of sulfone groups is 1. The number of rotatable bonds is 4. The van der Waals surface area contributed by atoms with Crippen molar-refractivity contribution in [2.45, 2.75) is 43.7 Å². The van der Waals surface area contributed by atoms with E-state index in [2.05, 4.69) is 10.4 Å². The first-order chi connectivity index (χ1) is 12.3. The normalized spacial score (nSPS) is 14.5. The number of hydrogen-bond donors (Lipinski definition) is 1. The lowest BCUT2D eigenvalue weighted by Gasteiger charge is -2.08. The van der Waals surface area contributed by atoms with Crippen LogP contribution in [0.25, 0.3) is 0 Å². The Morgan fingerprint density at radius 2 is 2.08 bits per heavy atom. The molecular weight excluding hydrogens is 363 g/mol. The average molecular weight is 382 g/mol. The first-order valence-electron chi connectivity index (χ1n) is 8.21. The molecule has 0 radical (unpaired) electrons. The Bertz CT molecular complexity index is 1010. The number of aryl methyl sites for hydroxylation is 1. The van der Waals surface area contributed by atoms with Gasteiger partial charge < -0.3 is 5.32 Å². The summed E-state index contributed by atoms with van der Waals surface area (Å²) >= 11 is 0. The predicted octanol–water partition coefficient (Wildman–Crippen LogP) is 0.952. The van der Waals surface area contributed by atoms with E-state index in [9.17, 15) is 22.4 Å². The molecule has 2 aromatic rings. The summed E-state index contributed by atoms with van der Waals surface area (Å²) in [6.07, 6.45) is 4.51. The SMILES string of the molecule is CS(=O)(=O)c1ccc(F)c(NC(=O)Cn2nc3n(c2=O)CCCCC3)c1. The molecule has 2 heterocycles. The van der Waals surface area contributed by atoms with Gasteiger partial charge in [-0.05, 0) is 31.0 Å². The van der Waals surface area contributed by atoms with Gasteiger partial charge in [0.2, 0.25) is 5.91 Å². The molecule has 8 nitrogen and oxygen atoms in total. The van der Waals surface area contributed by atoms with E-state index >= 15 is 0 Å². The number of amides is 1. The Morgan fingerprint density at radius 1 is 1.31 bits per heavy atom. The minimum absolute atomic E-state index is 0.111. The van der Waals surface area contributed by atoms with Crippen molar-refractivity contribution in [3.05, 3.63) is 40.3 Å². The average Bonchev–Trinajstić information content (AvgIpc) is 2.74. The number of hydrogen-bond acceptors (Lipinski definition) is 5. The van der Waals surface area contributed by atoms with E-state index in [0.29, 0.717) is 18.8 Å². The molecule has 0 spiro atoms. The van der Waals surface area contributed by atoms with Crippen LogP contribution < -0.4 is 11.0 Å². The van der Waals surface area contributed by atoms with E-state index < -0.39 is 21.6 Å². The highest BCUT2D eigenvalue weighted by Crippen LogP contribution is 2.19. The maximum Gasteiger partial charge on any atom is 0.346 e. The van der Waals surface area contributed by atoms with E-state index in [1.165, 1.54) is 0 Å². The summed E-state index contributed by atoms with van der Waals surface area (Å²) in [5, 5.41) is 6.49. The fourth-order valence-electron chi connectivity index (χ4n) is 2.88. The summed E-state index contributed by atoms with van der Waals surface area (Å²) in [7, 11) is -3.54. The molecule has 1 aromatic carbocycles. The van der Waals surface area contributed by atoms with Gasteiger partial charge in [-0.1, -0.05) is 6.42 Å². The second kappa shape index (κ2) is 7.02. The highest BCUT2D eigenvalue weighted by atomic mass is 32.2. The van der Waals surface area contributed by atoms with Gasteiger partial charge in [0, 0.05) is 19.2 Å². The molecule has 0 saturated heterocycles. The molecule has 10 heteroatoms. The van der Waals surface area contributed by atoms with Crippen LogP contribution in [0.15, 0.2) is 27.9 Å². The minimum atomic E-state index is -3.54. The van der Waals surface area contributed by atoms with E-state index in [0.717, 1.165) is 48.4 Å². The zero-order valence-corrected chi connectivity index (χ0v) is 15.1. The Labute approximate surface area is 149 Å². The van der Waals surface area contributed by atoms with Gasteiger partial charge in [-0.15, -0.1) is 0 Å². The van der Waals surface area contributed by atoms with Gasteiger partial charge in [0.1, 0.15) is 18.2 Å². The quantitative estimate of drug-likeness (QED) is 0.793. The molecule has 1 aliphatic rings. The number of carbonyl (C=O) groups excluding carboxylic acids is 1. The first-order valence-corrected chi connectivity index (χ1v) is 10.1. The number of nitrogens with one attached hydrogen (secondary N) is 1. The van der Waals surface area contributed by atoms with E-state index in [4.69, 9.17) is 0 Å². The second-order valence-electron chi connectivity index (χ2n) is 6.28. The second-order valence-corrected chi connectivity index (χ2v) is 8.30. The summed E-state index contributed by atoms with van der Waals surface area (Å²) < 4.78 is 39.6. The molecule has 0 atom stereocenters. The maximum atomic E-state index is 13.9. The van der Waals surface area contributed by atoms with Crippen molar-refractivity contribution in [3.63, 3.8) is 0 Å². The molecular formula is C16H19FN4O4S. The van der Waals surface area contributed by atoms with Gasteiger partial charge in [0.05, 0.1) is 10.6 Å². The van der Waals surface area contributed by atoms with Gasteiger partial charge in [0.25, 0.3) is 0 Å². The Kier molecular flexibility index (Phi) is 4.94. The Hall–Kier alpha value is -2.49. The lowest BCUT2D eigenvalue weighted by Crippen LogP contribution is -2.30. The van der Waals surface area contributed by atoms with Crippen molar-refractivity contribution < 1.29 is 17.6 Å². The Morgan fingerprint density at radius 3 is 2.81 bits per heavy atom. The van der Waals surface area contributed by atoms with Gasteiger partial charge in [0.15, 0.2) is 9.84 Å². The van der Waals surface area contributed by atoms with Crippen molar-refractivity contribution in [2.75, 3.05) is 11.6 Å². The topological polar surface area (TPSA) is 103 Å². The number of fused-ring (bicyclic) bond motifs is 1. The molecule has 3 rings (SSSR count). The van der Waals surface area contributed by atoms with Crippen molar-refractivity contribution in [1.29, 1.82) is 0 Å². The number of benzene rings is 1. The zero-order valence-electron chi connectivity index (χ0n) is 14.2. The Balaban J connectivity index is 1.79. The van der Waals surface area contributed by atoms with Crippen LogP contribution in [0.2, 0.25) is 0 Å². The monoisotopic (exact) mass is 382 g/mol. The summed E-state index contributed by atoms with van der Waals surface area (Å²) in [5.74, 6) is -0.783. The van der Waals surface area contributed by atoms with Crippen LogP contribution in [0.5, 0.6) is 0 Å². The lowest BCUT2D eigenvalue weighted by atomic mass is 10.2. The van der Waals surface area contributed by atoms with E-state index in [-0.39, 0.29) is 22.8 Å². The minimum Gasteiger partial charge on any atom is -0.322 e. The van der Waals surface area contributed by atoms with E-state index in [1.807, 2.05) is 0 Å². The van der Waals surface area contributed by atoms with Crippen molar-refractivity contribution in [3.8, 4) is 0 Å². The van der Waals surface area contributed by atoms with E-state index in [1.54, 1.807) is 4.57 Å². The molecule has 0 saturated carbocycles. The number of halogens is 1. The number of nitrogens with zero attached hydrogens (tertiary/aromatic N) is 3. The molecule has 0 unspecified atom stereocenters. The van der Waals surface area contributed by atoms with Gasteiger partial charge >= 0.3 is 5.69 Å². The smallest absolute Gasteiger partial charge is 0.322 e. The van der Waals surface area contributed by atoms with Crippen LogP contribution in [0, 0.1) is 5.82 Å². The molecule has 26 heavy (non-hydrogen) atoms. The maximum absolute atomic E-state index is 13.9. The molecule has 1 amide bonds. The van der Waals surface area contributed by atoms with Crippen molar-refractivity contribution >= 4 is 21.4 Å². The zero-order chi connectivity index (χ0) is 18.9. The summed E-state index contributed by atoms with van der Waals surface area (Å²) in [6.45, 7) is 0.197. The summed E-state index contributed by atoms with van der Waals surface area (Å²) in [6, 6.07) is 3.14. The molecule has 1 aromatic heterocycles. The van der Waals surface area contributed by atoms with Crippen molar-refractivity contribution in [2.24, 2.45) is 0 Å². The van der Waals surface area contributed by atoms with Crippen LogP contribution in [-0.4, -0.2) is 34.9 Å². The highest BCUT2D eigenvalue weighted by Gasteiger charge is 2.18. The highest BCUT2D eigenvalue weighted by molar-refractivity contribution is 7.90. The third kappa shape index (κ3) is 3.85. The molecule has 0 aliphatic carbocycles. The third-order valence-electron chi connectivity index (χ3n) is 4.21. The van der Waals surface area contributed by atoms with Crippen LogP contribution in [0.4, 0.5) is 10.1 Å². The molecule has 1 aliphatic heterocycles. The molecule has 140 valence electrons. The van der Waals surface area contributed by atoms with Gasteiger partial charge in [-0.2, -0.15) is 5.10 Å². The van der Waals surface area contributed by atoms with Crippen molar-refractivity contribution in [1.82, 2.24) is 14.3 Å². The number of aromatic nitrogens is 3. The lowest BCUT2D eigenvalue weighted by molar-refractivity contribution is -0.117. The predicted molar refractivity (Wildman–Crippen MR) is 92.2 cm³/mol. The standard InChI is InChI=1S/C16H19FN4O4S/c1-26(24,25)11-6-7-12(17)13(9-11)18-15(22)10-21-16(23)20-8-4-2-3-5-14(20)19-21/h6-7,9H,2-5,8,10H2,1H3,(H,18,22). The molecule has 1 N–H and O–H groups in total. The summed E-state index contributed by atoms with van der Waals surface area (Å²) in [4.78, 5) is 24.4. The number of carbonyl (C=O) groups is 1. The fourth-order valence-corrected chi connectivity index (χ4v) is 3.53. The van der Waals surface area contributed by atoms with Crippen LogP contribution in [0.1, 0.15) is 25.1 Å². The first kappa shape index (κ1) is 18.3. The largest absolute Gasteiger partial charge is 0.346 e. The molecule has 0 bridgehead atoms. The summed E-state index contributed by atoms with van der Waals surface area (Å²) in [5.41, 5.74) is -0.630. The van der Waals surface area contributed by atoms with Gasteiger partial charge in [-0.25, -0.2) is 22.3 Å². The van der Waals surface area contributed by atoms with Crippen LogP contribution in [0.3, 0.4) is 0 Å². The fraction of sp³-hybridized carbons (Fsp3) is 0.438.